The molecule has 0 aromatic rings. The van der Waals surface area contributed by atoms with Crippen molar-refractivity contribution in [1.29, 1.82) is 0 Å². The highest BCUT2D eigenvalue weighted by Crippen LogP contribution is 2.14. The van der Waals surface area contributed by atoms with Gasteiger partial charge >= 0.3 is 6.16 Å². The largest absolute Gasteiger partial charge is 0.511 e. The van der Waals surface area contributed by atoms with Gasteiger partial charge in [0.15, 0.2) is 0 Å². The highest BCUT2D eigenvalue weighted by atomic mass is 16.7. The van der Waals surface area contributed by atoms with Crippen LogP contribution in [-0.2, 0) is 9.47 Å². The molecule has 1 heterocycles. The van der Waals surface area contributed by atoms with Crippen LogP contribution in [0.25, 0.3) is 0 Å². The van der Waals surface area contributed by atoms with Crippen LogP contribution in [0.4, 0.5) is 4.79 Å². The van der Waals surface area contributed by atoms with Crippen molar-refractivity contribution < 1.29 is 14.3 Å². The van der Waals surface area contributed by atoms with Gasteiger partial charge in [-0.15, -0.1) is 0 Å². The minimum absolute atomic E-state index is 0.377. The van der Waals surface area contributed by atoms with Gasteiger partial charge in [0.05, 0.1) is 7.11 Å². The predicted molar refractivity (Wildman–Crippen MR) is 46.6 cm³/mol. The number of carbonyl (C=O) groups excluding carboxylic acids is 1. The summed E-state index contributed by atoms with van der Waals surface area (Å²) in [5.74, 6) is 0. The van der Waals surface area contributed by atoms with Crippen molar-refractivity contribution in [3.05, 3.63) is 12.4 Å². The van der Waals surface area contributed by atoms with Gasteiger partial charge in [-0.3, -0.25) is 0 Å². The molecule has 0 aliphatic carbocycles. The van der Waals surface area contributed by atoms with Gasteiger partial charge in [-0.25, -0.2) is 4.79 Å². The van der Waals surface area contributed by atoms with Crippen LogP contribution in [0.2, 0.25) is 0 Å². The lowest BCUT2D eigenvalue weighted by Crippen LogP contribution is -2.40. The maximum absolute atomic E-state index is 10.8. The summed E-state index contributed by atoms with van der Waals surface area (Å²) < 4.78 is 9.42. The Labute approximate surface area is 77.5 Å². The van der Waals surface area contributed by atoms with E-state index in [1.807, 2.05) is 31.3 Å². The van der Waals surface area contributed by atoms with E-state index in [0.29, 0.717) is 0 Å². The van der Waals surface area contributed by atoms with E-state index in [4.69, 9.17) is 4.74 Å². The average Bonchev–Trinajstić information content (AvgIpc) is 2.48. The quantitative estimate of drug-likeness (QED) is 0.596. The number of nitrogens with zero attached hydrogens (tertiary/aromatic N) is 2. The third kappa shape index (κ3) is 2.05. The van der Waals surface area contributed by atoms with E-state index < -0.39 is 6.16 Å². The lowest BCUT2D eigenvalue weighted by molar-refractivity contribution is -0.0710. The van der Waals surface area contributed by atoms with Gasteiger partial charge in [0.2, 0.25) is 0 Å². The van der Waals surface area contributed by atoms with Crippen molar-refractivity contribution in [2.75, 3.05) is 20.7 Å². The van der Waals surface area contributed by atoms with Gasteiger partial charge < -0.3 is 19.3 Å². The van der Waals surface area contributed by atoms with Gasteiger partial charge in [-0.1, -0.05) is 0 Å². The molecule has 5 nitrogen and oxygen atoms in total. The molecule has 0 spiro atoms. The third-order valence-electron chi connectivity index (χ3n) is 1.86. The molecule has 13 heavy (non-hydrogen) atoms. The van der Waals surface area contributed by atoms with E-state index in [9.17, 15) is 4.79 Å². The van der Waals surface area contributed by atoms with Crippen molar-refractivity contribution >= 4 is 6.16 Å². The average molecular weight is 186 g/mol. The van der Waals surface area contributed by atoms with E-state index >= 15 is 0 Å². The van der Waals surface area contributed by atoms with Crippen molar-refractivity contribution in [3.63, 3.8) is 0 Å². The topological polar surface area (TPSA) is 42.0 Å². The monoisotopic (exact) mass is 186 g/mol. The number of methoxy groups -OCH3 is 1. The zero-order valence-corrected chi connectivity index (χ0v) is 8.06. The molecule has 0 amide bonds. The summed E-state index contributed by atoms with van der Waals surface area (Å²) in [6.07, 6.45) is 2.67. The molecule has 1 rings (SSSR count). The van der Waals surface area contributed by atoms with Crippen molar-refractivity contribution in [3.8, 4) is 0 Å². The molecule has 1 atom stereocenters. The third-order valence-corrected chi connectivity index (χ3v) is 1.86. The number of carbonyl (C=O) groups is 1. The van der Waals surface area contributed by atoms with E-state index in [1.165, 1.54) is 7.11 Å². The molecule has 0 N–H and O–H groups in total. The second-order valence-electron chi connectivity index (χ2n) is 2.69. The lowest BCUT2D eigenvalue weighted by Gasteiger charge is -2.27. The maximum atomic E-state index is 10.8. The molecular formula is C8H14N2O3. The first-order chi connectivity index (χ1) is 6.19. The Kier molecular flexibility index (Phi) is 3.00. The number of rotatable bonds is 2. The Bertz CT molecular complexity index is 217. The Morgan fingerprint density at radius 2 is 2.23 bits per heavy atom. The smallest absolute Gasteiger partial charge is 0.438 e. The number of hydrogen-bond donors (Lipinski definition) is 0. The molecule has 0 aromatic heterocycles. The molecule has 1 unspecified atom stereocenters. The van der Waals surface area contributed by atoms with Gasteiger partial charge in [0.1, 0.15) is 0 Å². The van der Waals surface area contributed by atoms with Gasteiger partial charge in [-0.2, -0.15) is 0 Å². The van der Waals surface area contributed by atoms with E-state index in [-0.39, 0.29) is 6.35 Å². The molecular weight excluding hydrogens is 172 g/mol. The van der Waals surface area contributed by atoms with E-state index in [1.54, 1.807) is 4.90 Å². The first-order valence-electron chi connectivity index (χ1n) is 4.09. The van der Waals surface area contributed by atoms with Crippen molar-refractivity contribution in [1.82, 2.24) is 9.80 Å². The summed E-state index contributed by atoms with van der Waals surface area (Å²) in [6, 6.07) is 0. The van der Waals surface area contributed by atoms with E-state index in [0.717, 1.165) is 6.54 Å². The summed E-state index contributed by atoms with van der Waals surface area (Å²) in [5, 5.41) is 0. The fraction of sp³-hybridized carbons (Fsp3) is 0.625. The number of ether oxygens (including phenoxy) is 2. The molecule has 0 bridgehead atoms. The Balaban J connectivity index is 2.52. The van der Waals surface area contributed by atoms with Crippen molar-refractivity contribution in [2.24, 2.45) is 0 Å². The standard InChI is InChI=1S/C8H14N2O3/c1-4-10-6-5-9(2)7(10)13-8(11)12-3/h5-7H,4H2,1-3H3. The molecule has 74 valence electrons. The minimum atomic E-state index is -0.668. The van der Waals surface area contributed by atoms with Crippen LogP contribution in [0.1, 0.15) is 6.92 Å². The minimum Gasteiger partial charge on any atom is -0.438 e. The zero-order chi connectivity index (χ0) is 9.84. The fourth-order valence-corrected chi connectivity index (χ4v) is 1.12. The van der Waals surface area contributed by atoms with Crippen LogP contribution in [-0.4, -0.2) is 43.0 Å². The first kappa shape index (κ1) is 9.70. The maximum Gasteiger partial charge on any atom is 0.511 e. The van der Waals surface area contributed by atoms with Gasteiger partial charge in [0.25, 0.3) is 6.35 Å². The van der Waals surface area contributed by atoms with Crippen LogP contribution in [0, 0.1) is 0 Å². The second kappa shape index (κ2) is 4.02. The van der Waals surface area contributed by atoms with Crippen molar-refractivity contribution in [2.45, 2.75) is 13.3 Å². The molecule has 0 aromatic carbocycles. The van der Waals surface area contributed by atoms with Crippen LogP contribution >= 0.6 is 0 Å². The molecule has 0 saturated heterocycles. The summed E-state index contributed by atoms with van der Waals surface area (Å²) in [5.41, 5.74) is 0. The molecule has 1 aliphatic rings. The summed E-state index contributed by atoms with van der Waals surface area (Å²) in [7, 11) is 3.13. The summed E-state index contributed by atoms with van der Waals surface area (Å²) in [4.78, 5) is 14.5. The molecule has 5 heteroatoms. The van der Waals surface area contributed by atoms with E-state index in [2.05, 4.69) is 4.74 Å². The normalized spacial score (nSPS) is 20.7. The molecule has 0 fully saturated rings. The fourth-order valence-electron chi connectivity index (χ4n) is 1.12. The van der Waals surface area contributed by atoms with Crippen LogP contribution in [0.5, 0.6) is 0 Å². The zero-order valence-electron chi connectivity index (χ0n) is 8.06. The molecule has 1 aliphatic heterocycles. The Morgan fingerprint density at radius 1 is 1.54 bits per heavy atom. The highest BCUT2D eigenvalue weighted by molar-refractivity contribution is 5.59. The Hall–Kier alpha value is -1.39. The van der Waals surface area contributed by atoms with Crippen LogP contribution in [0.3, 0.4) is 0 Å². The predicted octanol–water partition coefficient (Wildman–Crippen LogP) is 0.792. The van der Waals surface area contributed by atoms with Gasteiger partial charge in [-0.05, 0) is 6.92 Å². The lowest BCUT2D eigenvalue weighted by atomic mass is 10.6. The molecule has 0 saturated carbocycles. The summed E-state index contributed by atoms with van der Waals surface area (Å²) in [6.45, 7) is 2.76. The van der Waals surface area contributed by atoms with Crippen LogP contribution in [0.15, 0.2) is 12.4 Å². The van der Waals surface area contributed by atoms with Crippen LogP contribution < -0.4 is 0 Å². The first-order valence-corrected chi connectivity index (χ1v) is 4.09. The summed E-state index contributed by atoms with van der Waals surface area (Å²) >= 11 is 0. The Morgan fingerprint density at radius 3 is 2.77 bits per heavy atom. The highest BCUT2D eigenvalue weighted by Gasteiger charge is 2.26. The SMILES string of the molecule is CCN1C=CN(C)C1OC(=O)OC. The number of hydrogen-bond acceptors (Lipinski definition) is 5. The molecule has 0 radical (unpaired) electrons. The second-order valence-corrected chi connectivity index (χ2v) is 2.69. The van der Waals surface area contributed by atoms with Gasteiger partial charge in [0, 0.05) is 26.0 Å².